The van der Waals surface area contributed by atoms with Crippen molar-refractivity contribution in [2.24, 2.45) is 5.41 Å². The van der Waals surface area contributed by atoms with Crippen molar-refractivity contribution in [2.45, 2.75) is 47.0 Å². The molecule has 0 aliphatic heterocycles. The summed E-state index contributed by atoms with van der Waals surface area (Å²) >= 11 is 0. The van der Waals surface area contributed by atoms with E-state index in [1.165, 1.54) is 6.07 Å². The predicted octanol–water partition coefficient (Wildman–Crippen LogP) is 3.78. The second-order valence-electron chi connectivity index (χ2n) is 7.65. The van der Waals surface area contributed by atoms with Gasteiger partial charge >= 0.3 is 5.97 Å². The maximum absolute atomic E-state index is 12.1. The van der Waals surface area contributed by atoms with Crippen LogP contribution in [0.15, 0.2) is 29.1 Å². The van der Waals surface area contributed by atoms with Crippen LogP contribution < -0.4 is 10.3 Å². The van der Waals surface area contributed by atoms with Crippen molar-refractivity contribution >= 4 is 16.9 Å². The first-order chi connectivity index (χ1) is 9.98. The SMILES string of the molecule is CC(C)(C)C(=O)Oc1cc(=O)[nH]c2ccc(C(C)(C)C)cc12. The van der Waals surface area contributed by atoms with Gasteiger partial charge in [0.15, 0.2) is 0 Å². The lowest BCUT2D eigenvalue weighted by Crippen LogP contribution is -2.26. The summed E-state index contributed by atoms with van der Waals surface area (Å²) in [4.78, 5) is 26.7. The number of aromatic nitrogens is 1. The Morgan fingerprint density at radius 2 is 1.68 bits per heavy atom. The minimum absolute atomic E-state index is 0.0321. The third kappa shape index (κ3) is 3.38. The van der Waals surface area contributed by atoms with Crippen molar-refractivity contribution in [2.75, 3.05) is 0 Å². The van der Waals surface area contributed by atoms with Gasteiger partial charge in [-0.05, 0) is 43.9 Å². The van der Waals surface area contributed by atoms with Crippen molar-refractivity contribution in [3.8, 4) is 5.75 Å². The first-order valence-corrected chi connectivity index (χ1v) is 7.38. The van der Waals surface area contributed by atoms with E-state index < -0.39 is 5.41 Å². The van der Waals surface area contributed by atoms with E-state index >= 15 is 0 Å². The number of hydrogen-bond acceptors (Lipinski definition) is 3. The highest BCUT2D eigenvalue weighted by Gasteiger charge is 2.25. The molecule has 22 heavy (non-hydrogen) atoms. The van der Waals surface area contributed by atoms with Gasteiger partial charge in [-0.3, -0.25) is 9.59 Å². The van der Waals surface area contributed by atoms with Crippen LogP contribution in [0.5, 0.6) is 5.75 Å². The zero-order chi connectivity index (χ0) is 16.7. The van der Waals surface area contributed by atoms with Gasteiger partial charge < -0.3 is 9.72 Å². The third-order valence-electron chi connectivity index (χ3n) is 3.49. The number of esters is 1. The molecule has 0 radical (unpaired) electrons. The Morgan fingerprint density at radius 3 is 2.23 bits per heavy atom. The molecule has 1 N–H and O–H groups in total. The Hall–Kier alpha value is -2.10. The number of pyridine rings is 1. The molecule has 0 atom stereocenters. The van der Waals surface area contributed by atoms with Crippen LogP contribution in [0.25, 0.3) is 10.9 Å². The Morgan fingerprint density at radius 1 is 1.05 bits per heavy atom. The first kappa shape index (κ1) is 16.3. The molecule has 0 spiro atoms. The van der Waals surface area contributed by atoms with Gasteiger partial charge in [0.25, 0.3) is 5.56 Å². The fraction of sp³-hybridized carbons (Fsp3) is 0.444. The smallest absolute Gasteiger partial charge is 0.316 e. The largest absolute Gasteiger partial charge is 0.425 e. The van der Waals surface area contributed by atoms with Gasteiger partial charge in [0.1, 0.15) is 5.75 Å². The second kappa shape index (κ2) is 5.27. The van der Waals surface area contributed by atoms with E-state index in [0.29, 0.717) is 11.3 Å². The van der Waals surface area contributed by atoms with Crippen LogP contribution >= 0.6 is 0 Å². The lowest BCUT2D eigenvalue weighted by atomic mass is 9.86. The van der Waals surface area contributed by atoms with E-state index in [1.54, 1.807) is 20.8 Å². The molecule has 0 saturated heterocycles. The number of H-pyrrole nitrogens is 1. The van der Waals surface area contributed by atoms with Crippen molar-refractivity contribution < 1.29 is 9.53 Å². The molecule has 1 aromatic heterocycles. The molecule has 0 fully saturated rings. The fourth-order valence-electron chi connectivity index (χ4n) is 2.03. The molecule has 2 aromatic rings. The molecular weight excluding hydrogens is 278 g/mol. The van der Waals surface area contributed by atoms with Crippen molar-refractivity contribution in [1.82, 2.24) is 4.98 Å². The number of nitrogens with one attached hydrogen (secondary N) is 1. The summed E-state index contributed by atoms with van der Waals surface area (Å²) in [6.07, 6.45) is 0. The van der Waals surface area contributed by atoms with E-state index in [2.05, 4.69) is 25.8 Å². The Kier molecular flexibility index (Phi) is 3.90. The molecule has 4 nitrogen and oxygen atoms in total. The topological polar surface area (TPSA) is 59.2 Å². The number of benzene rings is 1. The highest BCUT2D eigenvalue weighted by molar-refractivity contribution is 5.89. The minimum Gasteiger partial charge on any atom is -0.425 e. The summed E-state index contributed by atoms with van der Waals surface area (Å²) in [5.74, 6) is -0.0506. The summed E-state index contributed by atoms with van der Waals surface area (Å²) in [6, 6.07) is 7.13. The molecule has 118 valence electrons. The van der Waals surface area contributed by atoms with Gasteiger partial charge in [-0.2, -0.15) is 0 Å². The summed E-state index contributed by atoms with van der Waals surface area (Å²) in [5.41, 5.74) is 0.830. The third-order valence-corrected chi connectivity index (χ3v) is 3.49. The fourth-order valence-corrected chi connectivity index (χ4v) is 2.03. The molecule has 4 heteroatoms. The van der Waals surface area contributed by atoms with E-state index in [4.69, 9.17) is 4.74 Å². The molecule has 0 amide bonds. The molecule has 2 rings (SSSR count). The molecule has 0 saturated carbocycles. The first-order valence-electron chi connectivity index (χ1n) is 7.38. The zero-order valence-corrected chi connectivity index (χ0v) is 14.0. The van der Waals surface area contributed by atoms with Crippen LogP contribution in [0.4, 0.5) is 0 Å². The Labute approximate surface area is 130 Å². The number of carbonyl (C=O) groups excluding carboxylic acids is 1. The van der Waals surface area contributed by atoms with E-state index in [1.807, 2.05) is 18.2 Å². The van der Waals surface area contributed by atoms with Crippen LogP contribution in [0, 0.1) is 5.41 Å². The van der Waals surface area contributed by atoms with Gasteiger partial charge in [0, 0.05) is 11.5 Å². The van der Waals surface area contributed by atoms with Crippen molar-refractivity contribution in [3.63, 3.8) is 0 Å². The Balaban J connectivity index is 2.61. The quantitative estimate of drug-likeness (QED) is 0.815. The van der Waals surface area contributed by atoms with Crippen LogP contribution in [0.3, 0.4) is 0 Å². The van der Waals surface area contributed by atoms with Crippen LogP contribution in [0.2, 0.25) is 0 Å². The van der Waals surface area contributed by atoms with Gasteiger partial charge in [0.2, 0.25) is 0 Å². The molecule has 1 heterocycles. The maximum atomic E-state index is 12.1. The average Bonchev–Trinajstić information content (AvgIpc) is 2.35. The number of rotatable bonds is 1. The van der Waals surface area contributed by atoms with Gasteiger partial charge in [-0.25, -0.2) is 0 Å². The molecule has 0 unspecified atom stereocenters. The molecule has 0 aliphatic carbocycles. The number of hydrogen-bond donors (Lipinski definition) is 1. The normalized spacial score (nSPS) is 12.5. The number of aromatic amines is 1. The van der Waals surface area contributed by atoms with E-state index in [0.717, 1.165) is 10.9 Å². The lowest BCUT2D eigenvalue weighted by molar-refractivity contribution is -0.142. The lowest BCUT2D eigenvalue weighted by Gasteiger charge is -2.21. The van der Waals surface area contributed by atoms with Gasteiger partial charge in [-0.1, -0.05) is 26.8 Å². The van der Waals surface area contributed by atoms with Crippen LogP contribution in [-0.2, 0) is 10.2 Å². The predicted molar refractivity (Wildman–Crippen MR) is 88.4 cm³/mol. The monoisotopic (exact) mass is 301 g/mol. The summed E-state index contributed by atoms with van der Waals surface area (Å²) < 4.78 is 5.48. The summed E-state index contributed by atoms with van der Waals surface area (Å²) in [6.45, 7) is 11.7. The molecule has 0 bridgehead atoms. The highest BCUT2D eigenvalue weighted by atomic mass is 16.5. The zero-order valence-electron chi connectivity index (χ0n) is 14.0. The Bertz CT molecular complexity index is 773. The minimum atomic E-state index is -0.628. The maximum Gasteiger partial charge on any atom is 0.316 e. The summed E-state index contributed by atoms with van der Waals surface area (Å²) in [7, 11) is 0. The number of fused-ring (bicyclic) bond motifs is 1. The van der Waals surface area contributed by atoms with Crippen molar-refractivity contribution in [1.29, 1.82) is 0 Å². The van der Waals surface area contributed by atoms with Crippen LogP contribution in [0.1, 0.15) is 47.1 Å². The molecule has 0 aliphatic rings. The number of ether oxygens (including phenoxy) is 1. The van der Waals surface area contributed by atoms with Gasteiger partial charge in [0.05, 0.1) is 10.9 Å². The summed E-state index contributed by atoms with van der Waals surface area (Å²) in [5, 5.41) is 0.740. The van der Waals surface area contributed by atoms with Gasteiger partial charge in [-0.15, -0.1) is 0 Å². The van der Waals surface area contributed by atoms with Crippen molar-refractivity contribution in [3.05, 3.63) is 40.2 Å². The van der Waals surface area contributed by atoms with E-state index in [9.17, 15) is 9.59 Å². The molecule has 1 aromatic carbocycles. The van der Waals surface area contributed by atoms with E-state index in [-0.39, 0.29) is 16.9 Å². The van der Waals surface area contributed by atoms with Crippen LogP contribution in [-0.4, -0.2) is 11.0 Å². The number of carbonyl (C=O) groups is 1. The highest BCUT2D eigenvalue weighted by Crippen LogP contribution is 2.30. The average molecular weight is 301 g/mol. The second-order valence-corrected chi connectivity index (χ2v) is 7.65. The standard InChI is InChI=1S/C18H23NO3/c1-17(2,3)11-7-8-13-12(9-11)14(10-15(20)19-13)22-16(21)18(4,5)6/h7-10H,1-6H3,(H,19,20). The molecular formula is C18H23NO3.